The Morgan fingerprint density at radius 2 is 2.10 bits per heavy atom. The van der Waals surface area contributed by atoms with Gasteiger partial charge in [-0.05, 0) is 22.7 Å². The van der Waals surface area contributed by atoms with Gasteiger partial charge in [0.15, 0.2) is 0 Å². The number of hydrogen-bond acceptors (Lipinski definition) is 5. The molecule has 8 heteroatoms. The van der Waals surface area contributed by atoms with Crippen LogP contribution < -0.4 is 5.32 Å². The molecular formula is C13H20N4O4. The number of nitro groups is 1. The lowest BCUT2D eigenvalue weighted by Gasteiger charge is -2.23. The van der Waals surface area contributed by atoms with Crippen LogP contribution in [-0.2, 0) is 11.8 Å². The molecule has 1 aliphatic carbocycles. The molecule has 1 fully saturated rings. The zero-order chi connectivity index (χ0) is 15.6. The standard InChI is InChI=1S/C13H20N4O4/c1-8-14-12(17(20)21)11(16(8)2)15-10-7-5-3-4-6-9(10)13(18)19/h9-10,15H,3-7H2,1-2H3,(H,18,19). The maximum atomic E-state index is 11.4. The Labute approximate surface area is 122 Å². The number of carboxylic acid groups (broad SMARTS) is 1. The molecule has 116 valence electrons. The predicted molar refractivity (Wildman–Crippen MR) is 76.2 cm³/mol. The molecule has 0 aromatic carbocycles. The number of anilines is 1. The van der Waals surface area contributed by atoms with Crippen molar-refractivity contribution in [3.8, 4) is 0 Å². The average molecular weight is 296 g/mol. The second-order valence-corrected chi connectivity index (χ2v) is 5.48. The minimum Gasteiger partial charge on any atom is -0.481 e. The lowest BCUT2D eigenvalue weighted by molar-refractivity contribution is -0.388. The van der Waals surface area contributed by atoms with Gasteiger partial charge in [0, 0.05) is 20.0 Å². The fraction of sp³-hybridized carbons (Fsp3) is 0.692. The van der Waals surface area contributed by atoms with E-state index in [1.807, 2.05) is 0 Å². The van der Waals surface area contributed by atoms with Gasteiger partial charge in [-0.25, -0.2) is 0 Å². The van der Waals surface area contributed by atoms with Gasteiger partial charge in [0.25, 0.3) is 0 Å². The zero-order valence-corrected chi connectivity index (χ0v) is 12.2. The quantitative estimate of drug-likeness (QED) is 0.500. The van der Waals surface area contributed by atoms with Crippen LogP contribution in [0, 0.1) is 23.0 Å². The fourth-order valence-electron chi connectivity index (χ4n) is 2.83. The van der Waals surface area contributed by atoms with E-state index in [-0.39, 0.29) is 17.7 Å². The second-order valence-electron chi connectivity index (χ2n) is 5.48. The summed E-state index contributed by atoms with van der Waals surface area (Å²) in [6.45, 7) is 1.68. The van der Waals surface area contributed by atoms with Crippen molar-refractivity contribution >= 4 is 17.6 Å². The maximum Gasteiger partial charge on any atom is 0.406 e. The zero-order valence-electron chi connectivity index (χ0n) is 12.2. The molecule has 21 heavy (non-hydrogen) atoms. The van der Waals surface area contributed by atoms with Crippen LogP contribution in [0.4, 0.5) is 11.6 Å². The monoisotopic (exact) mass is 296 g/mol. The summed E-state index contributed by atoms with van der Waals surface area (Å²) in [6.07, 6.45) is 4.08. The molecule has 0 bridgehead atoms. The first-order chi connectivity index (χ1) is 9.91. The topological polar surface area (TPSA) is 110 Å². The summed E-state index contributed by atoms with van der Waals surface area (Å²) in [4.78, 5) is 25.9. The van der Waals surface area contributed by atoms with Crippen LogP contribution >= 0.6 is 0 Å². The summed E-state index contributed by atoms with van der Waals surface area (Å²) in [5.41, 5.74) is 0. The highest BCUT2D eigenvalue weighted by molar-refractivity contribution is 5.72. The number of rotatable bonds is 4. The van der Waals surface area contributed by atoms with Gasteiger partial charge in [0.2, 0.25) is 11.6 Å². The summed E-state index contributed by atoms with van der Waals surface area (Å²) in [5, 5.41) is 23.5. The molecule has 2 atom stereocenters. The van der Waals surface area contributed by atoms with Crippen molar-refractivity contribution in [2.24, 2.45) is 13.0 Å². The van der Waals surface area contributed by atoms with E-state index in [2.05, 4.69) is 10.3 Å². The lowest BCUT2D eigenvalue weighted by atomic mass is 9.95. The second kappa shape index (κ2) is 6.11. The van der Waals surface area contributed by atoms with Gasteiger partial charge in [-0.2, -0.15) is 0 Å². The summed E-state index contributed by atoms with van der Waals surface area (Å²) in [5.74, 6) is -0.818. The van der Waals surface area contributed by atoms with E-state index >= 15 is 0 Å². The van der Waals surface area contributed by atoms with Crippen molar-refractivity contribution in [1.29, 1.82) is 0 Å². The van der Waals surface area contributed by atoms with Gasteiger partial charge < -0.3 is 20.5 Å². The summed E-state index contributed by atoms with van der Waals surface area (Å²) >= 11 is 0. The number of imidazole rings is 1. The number of aryl methyl sites for hydroxylation is 1. The van der Waals surface area contributed by atoms with Crippen LogP contribution in [0.5, 0.6) is 0 Å². The van der Waals surface area contributed by atoms with Crippen molar-refractivity contribution in [3.05, 3.63) is 15.9 Å². The third-order valence-electron chi connectivity index (χ3n) is 4.13. The van der Waals surface area contributed by atoms with Crippen LogP contribution in [0.3, 0.4) is 0 Å². The molecule has 0 saturated heterocycles. The van der Waals surface area contributed by atoms with E-state index in [1.54, 1.807) is 18.5 Å². The Morgan fingerprint density at radius 3 is 2.71 bits per heavy atom. The van der Waals surface area contributed by atoms with E-state index in [9.17, 15) is 20.0 Å². The summed E-state index contributed by atoms with van der Waals surface area (Å²) in [6, 6.07) is -0.307. The van der Waals surface area contributed by atoms with Crippen LogP contribution in [0.2, 0.25) is 0 Å². The van der Waals surface area contributed by atoms with Crippen molar-refractivity contribution in [2.45, 2.75) is 45.1 Å². The number of nitrogens with zero attached hydrogens (tertiary/aromatic N) is 3. The molecule has 2 N–H and O–H groups in total. The number of aromatic nitrogens is 2. The Balaban J connectivity index is 2.30. The molecule has 0 amide bonds. The number of carbonyl (C=O) groups is 1. The first-order valence-electron chi connectivity index (χ1n) is 7.09. The molecule has 2 unspecified atom stereocenters. The highest BCUT2D eigenvalue weighted by Crippen LogP contribution is 2.30. The Morgan fingerprint density at radius 1 is 1.43 bits per heavy atom. The Bertz CT molecular complexity index is 555. The third kappa shape index (κ3) is 3.14. The van der Waals surface area contributed by atoms with Gasteiger partial charge in [0.1, 0.15) is 0 Å². The summed E-state index contributed by atoms with van der Waals surface area (Å²) < 4.78 is 1.60. The first-order valence-corrected chi connectivity index (χ1v) is 7.09. The van der Waals surface area contributed by atoms with Gasteiger partial charge in [-0.15, -0.1) is 0 Å². The van der Waals surface area contributed by atoms with E-state index < -0.39 is 16.8 Å². The highest BCUT2D eigenvalue weighted by atomic mass is 16.6. The minimum absolute atomic E-state index is 0.247. The fourth-order valence-corrected chi connectivity index (χ4v) is 2.83. The number of nitrogens with one attached hydrogen (secondary N) is 1. The van der Waals surface area contributed by atoms with Crippen LogP contribution in [-0.4, -0.2) is 31.6 Å². The van der Waals surface area contributed by atoms with Gasteiger partial charge in [-0.1, -0.05) is 19.3 Å². The lowest BCUT2D eigenvalue weighted by Crippen LogP contribution is -2.34. The molecule has 8 nitrogen and oxygen atoms in total. The predicted octanol–water partition coefficient (Wildman–Crippen LogP) is 2.08. The molecule has 1 saturated carbocycles. The van der Waals surface area contributed by atoms with E-state index in [0.717, 1.165) is 19.3 Å². The normalized spacial score (nSPS) is 22.6. The van der Waals surface area contributed by atoms with E-state index in [0.29, 0.717) is 18.7 Å². The van der Waals surface area contributed by atoms with E-state index in [4.69, 9.17) is 0 Å². The molecule has 1 heterocycles. The number of hydrogen-bond donors (Lipinski definition) is 2. The third-order valence-corrected chi connectivity index (χ3v) is 4.13. The molecule has 1 aromatic rings. The van der Waals surface area contributed by atoms with Crippen LogP contribution in [0.1, 0.15) is 37.9 Å². The van der Waals surface area contributed by atoms with Crippen LogP contribution in [0.15, 0.2) is 0 Å². The van der Waals surface area contributed by atoms with Crippen molar-refractivity contribution in [3.63, 3.8) is 0 Å². The Kier molecular flexibility index (Phi) is 4.44. The van der Waals surface area contributed by atoms with Crippen LogP contribution in [0.25, 0.3) is 0 Å². The van der Waals surface area contributed by atoms with E-state index in [1.165, 1.54) is 0 Å². The minimum atomic E-state index is -0.851. The number of aliphatic carboxylic acids is 1. The van der Waals surface area contributed by atoms with Crippen molar-refractivity contribution < 1.29 is 14.8 Å². The molecule has 0 radical (unpaired) electrons. The number of carboxylic acids is 1. The van der Waals surface area contributed by atoms with Crippen molar-refractivity contribution in [2.75, 3.05) is 5.32 Å². The maximum absolute atomic E-state index is 11.4. The largest absolute Gasteiger partial charge is 0.481 e. The summed E-state index contributed by atoms with van der Waals surface area (Å²) in [7, 11) is 1.68. The molecule has 1 aromatic heterocycles. The molecule has 2 rings (SSSR count). The smallest absolute Gasteiger partial charge is 0.406 e. The van der Waals surface area contributed by atoms with Crippen molar-refractivity contribution in [1.82, 2.24) is 9.55 Å². The molecular weight excluding hydrogens is 276 g/mol. The molecule has 1 aliphatic rings. The molecule has 0 spiro atoms. The highest BCUT2D eigenvalue weighted by Gasteiger charge is 2.33. The first kappa shape index (κ1) is 15.3. The van der Waals surface area contributed by atoms with Gasteiger partial charge in [-0.3, -0.25) is 9.36 Å². The van der Waals surface area contributed by atoms with Gasteiger partial charge in [0.05, 0.1) is 5.92 Å². The average Bonchev–Trinajstić information content (AvgIpc) is 2.62. The Hall–Kier alpha value is -2.12. The molecule has 0 aliphatic heterocycles. The van der Waals surface area contributed by atoms with Gasteiger partial charge >= 0.3 is 11.8 Å². The SMILES string of the molecule is Cc1nc([N+](=O)[O-])c(NC2CCCCCC2C(=O)O)n1C.